The van der Waals surface area contributed by atoms with E-state index < -0.39 is 0 Å². The first-order valence-corrected chi connectivity index (χ1v) is 11.5. The van der Waals surface area contributed by atoms with Gasteiger partial charge in [0.05, 0.1) is 7.11 Å². The Hall–Kier alpha value is -3.02. The Kier molecular flexibility index (Phi) is 11.1. The van der Waals surface area contributed by atoms with Crippen LogP contribution in [0.5, 0.6) is 11.5 Å². The fourth-order valence-corrected chi connectivity index (χ4v) is 3.42. The van der Waals surface area contributed by atoms with Gasteiger partial charge < -0.3 is 19.7 Å². The second kappa shape index (κ2) is 14.1. The highest BCUT2D eigenvalue weighted by Gasteiger charge is 2.12. The van der Waals surface area contributed by atoms with E-state index >= 15 is 0 Å². The smallest absolute Gasteiger partial charge is 0.222 e. The molecule has 2 aromatic carbocycles. The van der Waals surface area contributed by atoms with Crippen molar-refractivity contribution in [2.45, 2.75) is 59.1 Å². The van der Waals surface area contributed by atoms with Crippen molar-refractivity contribution >= 4 is 11.8 Å². The highest BCUT2D eigenvalue weighted by atomic mass is 16.5. The average molecular weight is 441 g/mol. The zero-order valence-corrected chi connectivity index (χ0v) is 19.6. The summed E-state index contributed by atoms with van der Waals surface area (Å²) in [5.41, 5.74) is 2.01. The third-order valence-corrected chi connectivity index (χ3v) is 5.09. The van der Waals surface area contributed by atoms with Gasteiger partial charge in [0, 0.05) is 32.5 Å². The molecular weight excluding hydrogens is 404 g/mol. The predicted octanol–water partition coefficient (Wildman–Crippen LogP) is 4.71. The van der Waals surface area contributed by atoms with Crippen LogP contribution in [0.1, 0.15) is 57.1 Å². The van der Waals surface area contributed by atoms with Crippen molar-refractivity contribution in [1.29, 1.82) is 0 Å². The molecular formula is C26H36N2O4. The quantitative estimate of drug-likeness (QED) is 0.462. The van der Waals surface area contributed by atoms with Gasteiger partial charge in [-0.25, -0.2) is 0 Å². The molecule has 0 aromatic heterocycles. The third kappa shape index (κ3) is 8.61. The molecule has 2 amide bonds. The SMILES string of the molecule is CCCN(CCC)C(=O)CCCC(=O)NCc1ccc(OCc2ccccc2)c(OC)c1. The summed E-state index contributed by atoms with van der Waals surface area (Å²) in [5, 5.41) is 2.92. The minimum Gasteiger partial charge on any atom is -0.493 e. The summed E-state index contributed by atoms with van der Waals surface area (Å²) in [7, 11) is 1.60. The normalized spacial score (nSPS) is 10.5. The number of hydrogen-bond donors (Lipinski definition) is 1. The molecule has 0 aliphatic carbocycles. The van der Waals surface area contributed by atoms with Gasteiger partial charge in [-0.15, -0.1) is 0 Å². The van der Waals surface area contributed by atoms with Crippen molar-refractivity contribution in [1.82, 2.24) is 10.2 Å². The molecule has 32 heavy (non-hydrogen) atoms. The molecule has 0 saturated heterocycles. The standard InChI is InChI=1S/C26H36N2O4/c1-4-16-28(17-5-2)26(30)13-9-12-25(29)27-19-22-14-15-23(24(18-22)31-3)32-20-21-10-7-6-8-11-21/h6-8,10-11,14-15,18H,4-5,9,12-13,16-17,19-20H2,1-3H3,(H,27,29). The molecule has 0 aliphatic heterocycles. The highest BCUT2D eigenvalue weighted by molar-refractivity contribution is 5.79. The Morgan fingerprint density at radius 1 is 0.906 bits per heavy atom. The summed E-state index contributed by atoms with van der Waals surface area (Å²) in [6, 6.07) is 15.6. The average Bonchev–Trinajstić information content (AvgIpc) is 2.82. The molecule has 6 heteroatoms. The van der Waals surface area contributed by atoms with Crippen LogP contribution in [0, 0.1) is 0 Å². The van der Waals surface area contributed by atoms with Gasteiger partial charge in [0.15, 0.2) is 11.5 Å². The Labute approximate surface area is 191 Å². The van der Waals surface area contributed by atoms with Gasteiger partial charge in [0.1, 0.15) is 6.61 Å². The van der Waals surface area contributed by atoms with Crippen LogP contribution in [0.25, 0.3) is 0 Å². The van der Waals surface area contributed by atoms with Crippen molar-refractivity contribution in [2.24, 2.45) is 0 Å². The first-order valence-electron chi connectivity index (χ1n) is 11.5. The van der Waals surface area contributed by atoms with Crippen molar-refractivity contribution in [2.75, 3.05) is 20.2 Å². The topological polar surface area (TPSA) is 67.9 Å². The summed E-state index contributed by atoms with van der Waals surface area (Å²) in [4.78, 5) is 26.4. The molecule has 0 bridgehead atoms. The Morgan fingerprint density at radius 3 is 2.28 bits per heavy atom. The molecule has 6 nitrogen and oxygen atoms in total. The van der Waals surface area contributed by atoms with Crippen LogP contribution in [0.3, 0.4) is 0 Å². The Morgan fingerprint density at radius 2 is 1.62 bits per heavy atom. The molecule has 0 atom stereocenters. The largest absolute Gasteiger partial charge is 0.493 e. The van der Waals surface area contributed by atoms with E-state index in [0.717, 1.165) is 37.1 Å². The van der Waals surface area contributed by atoms with Crippen LogP contribution in [-0.4, -0.2) is 36.9 Å². The second-order valence-electron chi connectivity index (χ2n) is 7.77. The number of ether oxygens (including phenoxy) is 2. The first-order chi connectivity index (χ1) is 15.6. The van der Waals surface area contributed by atoms with E-state index in [9.17, 15) is 9.59 Å². The minimum absolute atomic E-state index is 0.0568. The molecule has 0 aliphatic rings. The number of carbonyl (C=O) groups is 2. The van der Waals surface area contributed by atoms with Gasteiger partial charge in [-0.05, 0) is 42.5 Å². The van der Waals surface area contributed by atoms with Crippen LogP contribution >= 0.6 is 0 Å². The van der Waals surface area contributed by atoms with E-state index in [4.69, 9.17) is 9.47 Å². The molecule has 0 spiro atoms. The lowest BCUT2D eigenvalue weighted by Crippen LogP contribution is -2.32. The van der Waals surface area contributed by atoms with Crippen LogP contribution in [-0.2, 0) is 22.7 Å². The van der Waals surface area contributed by atoms with Crippen LogP contribution in [0.15, 0.2) is 48.5 Å². The lowest BCUT2D eigenvalue weighted by molar-refractivity contribution is -0.131. The number of nitrogens with one attached hydrogen (secondary N) is 1. The molecule has 0 fully saturated rings. The van der Waals surface area contributed by atoms with Gasteiger partial charge >= 0.3 is 0 Å². The molecule has 0 unspecified atom stereocenters. The van der Waals surface area contributed by atoms with E-state index in [1.165, 1.54) is 0 Å². The van der Waals surface area contributed by atoms with Crippen LogP contribution in [0.4, 0.5) is 0 Å². The Bertz CT molecular complexity index is 833. The zero-order valence-electron chi connectivity index (χ0n) is 19.6. The van der Waals surface area contributed by atoms with E-state index in [1.807, 2.05) is 53.4 Å². The number of hydrogen-bond acceptors (Lipinski definition) is 4. The number of nitrogens with zero attached hydrogens (tertiary/aromatic N) is 1. The number of methoxy groups -OCH3 is 1. The maximum Gasteiger partial charge on any atom is 0.222 e. The zero-order chi connectivity index (χ0) is 23.2. The predicted molar refractivity (Wildman–Crippen MR) is 127 cm³/mol. The van der Waals surface area contributed by atoms with Crippen LogP contribution in [0.2, 0.25) is 0 Å². The van der Waals surface area contributed by atoms with Crippen LogP contribution < -0.4 is 14.8 Å². The summed E-state index contributed by atoms with van der Waals surface area (Å²) in [5.74, 6) is 1.37. The summed E-state index contributed by atoms with van der Waals surface area (Å²) in [6.07, 6.45) is 3.21. The molecule has 0 saturated carbocycles. The van der Waals surface area contributed by atoms with Crippen molar-refractivity contribution in [3.63, 3.8) is 0 Å². The number of benzene rings is 2. The third-order valence-electron chi connectivity index (χ3n) is 5.09. The fourth-order valence-electron chi connectivity index (χ4n) is 3.42. The van der Waals surface area contributed by atoms with Gasteiger partial charge in [0.2, 0.25) is 11.8 Å². The number of rotatable bonds is 14. The maximum absolute atomic E-state index is 12.3. The van der Waals surface area contributed by atoms with Gasteiger partial charge in [-0.2, -0.15) is 0 Å². The first kappa shape index (κ1) is 25.2. The van der Waals surface area contributed by atoms with Gasteiger partial charge in [-0.1, -0.05) is 50.2 Å². The van der Waals surface area contributed by atoms with E-state index in [-0.39, 0.29) is 11.8 Å². The Balaban J connectivity index is 1.77. The lowest BCUT2D eigenvalue weighted by Gasteiger charge is -2.21. The summed E-state index contributed by atoms with van der Waals surface area (Å²) < 4.78 is 11.3. The monoisotopic (exact) mass is 440 g/mol. The molecule has 0 heterocycles. The molecule has 1 N–H and O–H groups in total. The van der Waals surface area contributed by atoms with E-state index in [2.05, 4.69) is 19.2 Å². The van der Waals surface area contributed by atoms with Crippen molar-refractivity contribution in [3.05, 3.63) is 59.7 Å². The second-order valence-corrected chi connectivity index (χ2v) is 7.77. The van der Waals surface area contributed by atoms with E-state index in [1.54, 1.807) is 7.11 Å². The van der Waals surface area contributed by atoms with Crippen molar-refractivity contribution in [3.8, 4) is 11.5 Å². The van der Waals surface area contributed by atoms with E-state index in [0.29, 0.717) is 43.9 Å². The summed E-state index contributed by atoms with van der Waals surface area (Å²) in [6.45, 7) is 6.57. The molecule has 0 radical (unpaired) electrons. The molecule has 2 aromatic rings. The van der Waals surface area contributed by atoms with Gasteiger partial charge in [-0.3, -0.25) is 9.59 Å². The molecule has 174 valence electrons. The fraction of sp³-hybridized carbons (Fsp3) is 0.462. The maximum atomic E-state index is 12.3. The minimum atomic E-state index is -0.0568. The number of carbonyl (C=O) groups excluding carboxylic acids is 2. The summed E-state index contributed by atoms with van der Waals surface area (Å²) >= 11 is 0. The van der Waals surface area contributed by atoms with Crippen molar-refractivity contribution < 1.29 is 19.1 Å². The lowest BCUT2D eigenvalue weighted by atomic mass is 10.1. The molecule has 2 rings (SSSR count). The highest BCUT2D eigenvalue weighted by Crippen LogP contribution is 2.28. The van der Waals surface area contributed by atoms with Gasteiger partial charge in [0.25, 0.3) is 0 Å². The number of amides is 2.